The zero-order chi connectivity index (χ0) is 34.1. The summed E-state index contributed by atoms with van der Waals surface area (Å²) in [7, 11) is 0. The third-order valence-corrected chi connectivity index (χ3v) is 10.4. The molecule has 3 heterocycles. The van der Waals surface area contributed by atoms with Gasteiger partial charge in [0.1, 0.15) is 11.6 Å². The third kappa shape index (κ3) is 3.99. The minimum Gasteiger partial charge on any atom is -0.473 e. The summed E-state index contributed by atoms with van der Waals surface area (Å²) in [6.45, 7) is 6.75. The largest absolute Gasteiger partial charge is 0.473 e. The van der Waals surface area contributed by atoms with E-state index in [4.69, 9.17) is 9.72 Å². The van der Waals surface area contributed by atoms with Crippen molar-refractivity contribution in [2.75, 3.05) is 0 Å². The van der Waals surface area contributed by atoms with Gasteiger partial charge in [0.15, 0.2) is 11.1 Å². The van der Waals surface area contributed by atoms with E-state index < -0.39 is 11.1 Å². The lowest BCUT2D eigenvalue weighted by atomic mass is 9.58. The average molecular weight is 649 g/mol. The van der Waals surface area contributed by atoms with Crippen molar-refractivity contribution in [1.29, 1.82) is 0 Å². The van der Waals surface area contributed by atoms with E-state index in [0.29, 0.717) is 16.7 Å². The second-order valence-electron chi connectivity index (χ2n) is 14.2. The van der Waals surface area contributed by atoms with E-state index in [1.165, 1.54) is 0 Å². The van der Waals surface area contributed by atoms with Crippen LogP contribution in [0.1, 0.15) is 54.2 Å². The van der Waals surface area contributed by atoms with E-state index >= 15 is 4.79 Å². The van der Waals surface area contributed by atoms with E-state index in [0.717, 1.165) is 50.3 Å². The van der Waals surface area contributed by atoms with Gasteiger partial charge in [-0.25, -0.2) is 4.98 Å². The summed E-state index contributed by atoms with van der Waals surface area (Å²) in [5.41, 5.74) is 5.50. The average Bonchev–Trinajstić information content (AvgIpc) is 3.49. The molecule has 242 valence electrons. The van der Waals surface area contributed by atoms with Crippen LogP contribution in [0.25, 0.3) is 33.6 Å². The van der Waals surface area contributed by atoms with Crippen LogP contribution in [0.15, 0.2) is 169 Å². The molecular formula is C46H36N2O2. The van der Waals surface area contributed by atoms with Gasteiger partial charge in [-0.1, -0.05) is 172 Å². The molecule has 2 atom stereocenters. The Morgan fingerprint density at radius 3 is 1.80 bits per heavy atom. The van der Waals surface area contributed by atoms with Crippen LogP contribution in [0.4, 0.5) is 0 Å². The fourth-order valence-electron chi connectivity index (χ4n) is 8.47. The molecule has 0 saturated carbocycles. The summed E-state index contributed by atoms with van der Waals surface area (Å²) in [5, 5.41) is 0.560. The Labute approximate surface area is 292 Å². The van der Waals surface area contributed by atoms with Gasteiger partial charge < -0.3 is 4.74 Å². The molecule has 6 aromatic carbocycles. The highest BCUT2D eigenvalue weighted by atomic mass is 16.5. The summed E-state index contributed by atoms with van der Waals surface area (Å²) in [5.74, 6) is 1.35. The van der Waals surface area contributed by atoms with Gasteiger partial charge in [-0.15, -0.1) is 0 Å². The molecule has 0 saturated heterocycles. The van der Waals surface area contributed by atoms with Crippen molar-refractivity contribution >= 4 is 22.2 Å². The van der Waals surface area contributed by atoms with Gasteiger partial charge >= 0.3 is 0 Å². The Balaban J connectivity index is 1.64. The first-order valence-corrected chi connectivity index (χ1v) is 17.2. The van der Waals surface area contributed by atoms with Gasteiger partial charge in [0.2, 0.25) is 0 Å². The lowest BCUT2D eigenvalue weighted by molar-refractivity contribution is 0.0216. The number of benzene rings is 6. The number of ether oxygens (including phenoxy) is 1. The second kappa shape index (κ2) is 11.0. The van der Waals surface area contributed by atoms with Crippen molar-refractivity contribution in [3.63, 3.8) is 0 Å². The van der Waals surface area contributed by atoms with E-state index in [-0.39, 0.29) is 11.0 Å². The first-order valence-electron chi connectivity index (χ1n) is 17.2. The minimum atomic E-state index is -1.25. The Bertz CT molecular complexity index is 2500. The van der Waals surface area contributed by atoms with Crippen LogP contribution in [0.5, 0.6) is 0 Å². The first-order chi connectivity index (χ1) is 24.4. The van der Waals surface area contributed by atoms with E-state index in [1.807, 2.05) is 65.2 Å². The summed E-state index contributed by atoms with van der Waals surface area (Å²) >= 11 is 0. The van der Waals surface area contributed by atoms with Crippen molar-refractivity contribution in [3.05, 3.63) is 208 Å². The van der Waals surface area contributed by atoms with E-state index in [2.05, 4.69) is 124 Å². The lowest BCUT2D eigenvalue weighted by Gasteiger charge is -2.53. The fourth-order valence-corrected chi connectivity index (χ4v) is 8.47. The van der Waals surface area contributed by atoms with Gasteiger partial charge in [0.05, 0.1) is 10.9 Å². The summed E-state index contributed by atoms with van der Waals surface area (Å²) in [6.07, 6.45) is 0. The zero-order valence-electron chi connectivity index (χ0n) is 28.3. The molecule has 4 nitrogen and oxygen atoms in total. The monoisotopic (exact) mass is 648 g/mol. The number of fused-ring (bicyclic) bond motifs is 7. The Hall–Kier alpha value is -6.00. The number of hydrogen-bond acceptors (Lipinski definition) is 3. The van der Waals surface area contributed by atoms with Crippen molar-refractivity contribution in [2.45, 2.75) is 37.3 Å². The standard InChI is InChI=1S/C46H36N2O2/c1-44(2,3)37-29-18-28-36-40(37)46(34-25-14-7-15-26-34)45(33-23-12-6-13-24-33,48-42(36)47-38-30-17-16-27-35(38)43(48)49)39(31-19-8-4-9-20-31)41(50-46)32-21-10-5-11-22-32/h4-30H,1-3H3/t45-,46-/m0/s1. The molecule has 50 heavy (non-hydrogen) atoms. The molecule has 0 aliphatic carbocycles. The number of rotatable bonds is 4. The molecule has 1 aromatic heterocycles. The smallest absolute Gasteiger partial charge is 0.262 e. The molecule has 0 fully saturated rings. The summed E-state index contributed by atoms with van der Waals surface area (Å²) < 4.78 is 9.91. The second-order valence-corrected chi connectivity index (χ2v) is 14.2. The van der Waals surface area contributed by atoms with Crippen LogP contribution in [0.3, 0.4) is 0 Å². The topological polar surface area (TPSA) is 44.1 Å². The van der Waals surface area contributed by atoms with Gasteiger partial charge in [-0.2, -0.15) is 0 Å². The van der Waals surface area contributed by atoms with Crippen LogP contribution >= 0.6 is 0 Å². The zero-order valence-corrected chi connectivity index (χ0v) is 28.3. The summed E-state index contributed by atoms with van der Waals surface area (Å²) in [6, 6.07) is 55.8. The normalized spacial score (nSPS) is 19.4. The van der Waals surface area contributed by atoms with E-state index in [9.17, 15) is 0 Å². The maximum atomic E-state index is 15.6. The van der Waals surface area contributed by atoms with Crippen molar-refractivity contribution in [3.8, 4) is 11.4 Å². The van der Waals surface area contributed by atoms with Gasteiger partial charge in [-0.05, 0) is 34.2 Å². The maximum absolute atomic E-state index is 15.6. The minimum absolute atomic E-state index is 0.118. The molecule has 0 amide bonds. The van der Waals surface area contributed by atoms with Crippen molar-refractivity contribution in [2.24, 2.45) is 0 Å². The Morgan fingerprint density at radius 1 is 0.600 bits per heavy atom. The predicted molar refractivity (Wildman–Crippen MR) is 202 cm³/mol. The highest BCUT2D eigenvalue weighted by Gasteiger charge is 2.70. The fraction of sp³-hybridized carbons (Fsp3) is 0.130. The third-order valence-electron chi connectivity index (χ3n) is 10.4. The Kier molecular flexibility index (Phi) is 6.63. The number of para-hydroxylation sites is 1. The van der Waals surface area contributed by atoms with Crippen LogP contribution in [-0.4, -0.2) is 9.55 Å². The molecular weight excluding hydrogens is 613 g/mol. The van der Waals surface area contributed by atoms with Gasteiger partial charge in [0, 0.05) is 27.8 Å². The molecule has 0 spiro atoms. The quantitative estimate of drug-likeness (QED) is 0.191. The van der Waals surface area contributed by atoms with E-state index in [1.54, 1.807) is 0 Å². The van der Waals surface area contributed by atoms with Crippen LogP contribution in [-0.2, 0) is 21.3 Å². The van der Waals surface area contributed by atoms with Crippen LogP contribution in [0.2, 0.25) is 0 Å². The molecule has 0 radical (unpaired) electrons. The maximum Gasteiger partial charge on any atom is 0.262 e. The van der Waals surface area contributed by atoms with Gasteiger partial charge in [0.25, 0.3) is 5.56 Å². The number of hydrogen-bond donors (Lipinski definition) is 0. The molecule has 0 unspecified atom stereocenters. The highest BCUT2D eigenvalue weighted by Crippen LogP contribution is 2.68. The summed E-state index contributed by atoms with van der Waals surface area (Å²) in [4.78, 5) is 21.0. The predicted octanol–water partition coefficient (Wildman–Crippen LogP) is 9.96. The Morgan fingerprint density at radius 2 is 1.16 bits per heavy atom. The molecule has 2 aliphatic heterocycles. The highest BCUT2D eigenvalue weighted by molar-refractivity contribution is 6.00. The molecule has 0 N–H and O–H groups in total. The van der Waals surface area contributed by atoms with Crippen LogP contribution in [0, 0.1) is 0 Å². The molecule has 2 aliphatic rings. The SMILES string of the molecule is CC(C)(C)c1cccc2c1[C@]1(c3ccccc3)OC(c3ccccc3)=C(c3ccccc3)[C@]1(c1ccccc1)n1c-2nc2ccccc2c1=O. The van der Waals surface area contributed by atoms with Crippen LogP contribution < -0.4 is 5.56 Å². The number of nitrogens with zero attached hydrogens (tertiary/aromatic N) is 2. The first kappa shape index (κ1) is 30.1. The molecule has 0 bridgehead atoms. The molecule has 7 aromatic rings. The van der Waals surface area contributed by atoms with Crippen molar-refractivity contribution in [1.82, 2.24) is 9.55 Å². The number of aromatic nitrogens is 2. The molecule has 4 heteroatoms. The van der Waals surface area contributed by atoms with Crippen molar-refractivity contribution < 1.29 is 4.74 Å². The molecule has 9 rings (SSSR count). The lowest BCUT2D eigenvalue weighted by Crippen LogP contribution is -2.60. The van der Waals surface area contributed by atoms with Gasteiger partial charge in [-0.3, -0.25) is 9.36 Å².